The lowest BCUT2D eigenvalue weighted by Gasteiger charge is -2.03. The smallest absolute Gasteiger partial charge is 0.275 e. The number of aryl methyl sites for hydroxylation is 1. The second kappa shape index (κ2) is 6.36. The van der Waals surface area contributed by atoms with E-state index in [1.54, 1.807) is 13.2 Å². The van der Waals surface area contributed by atoms with Crippen molar-refractivity contribution in [1.82, 2.24) is 19.7 Å². The minimum Gasteiger partial charge on any atom is -0.497 e. The van der Waals surface area contributed by atoms with Crippen molar-refractivity contribution in [1.29, 1.82) is 0 Å². The first-order valence-electron chi connectivity index (χ1n) is 8.08. The Hall–Kier alpha value is -3.61. The van der Waals surface area contributed by atoms with Gasteiger partial charge < -0.3 is 9.30 Å². The molecule has 7 heteroatoms. The molecule has 2 aromatic carbocycles. The normalized spacial score (nSPS) is 10.8. The molecule has 0 aliphatic carbocycles. The maximum Gasteiger partial charge on any atom is 0.275 e. The van der Waals surface area contributed by atoms with E-state index in [1.165, 1.54) is 0 Å². The van der Waals surface area contributed by atoms with Gasteiger partial charge in [0.2, 0.25) is 5.95 Å². The number of rotatable bonds is 4. The van der Waals surface area contributed by atoms with Gasteiger partial charge in [-0.15, -0.1) is 0 Å². The molecule has 0 atom stereocenters. The van der Waals surface area contributed by atoms with Crippen molar-refractivity contribution >= 4 is 22.9 Å². The number of amides is 1. The van der Waals surface area contributed by atoms with E-state index in [2.05, 4.69) is 20.5 Å². The number of hydrogen-bond acceptors (Lipinski definition) is 4. The number of aromatic nitrogens is 4. The molecular formula is C19H17N5O2. The Morgan fingerprint density at radius 1 is 1.15 bits per heavy atom. The van der Waals surface area contributed by atoms with Crippen molar-refractivity contribution in [2.75, 3.05) is 12.4 Å². The molecule has 4 rings (SSSR count). The highest BCUT2D eigenvalue weighted by Crippen LogP contribution is 2.23. The summed E-state index contributed by atoms with van der Waals surface area (Å²) in [4.78, 5) is 17.0. The van der Waals surface area contributed by atoms with Gasteiger partial charge in [0.25, 0.3) is 5.91 Å². The highest BCUT2D eigenvalue weighted by molar-refractivity contribution is 6.03. The molecule has 0 radical (unpaired) electrons. The Morgan fingerprint density at radius 3 is 2.81 bits per heavy atom. The van der Waals surface area contributed by atoms with Gasteiger partial charge in [0.1, 0.15) is 11.4 Å². The predicted molar refractivity (Wildman–Crippen MR) is 99.2 cm³/mol. The van der Waals surface area contributed by atoms with Crippen LogP contribution in [0, 0.1) is 0 Å². The summed E-state index contributed by atoms with van der Waals surface area (Å²) >= 11 is 0. The van der Waals surface area contributed by atoms with E-state index in [0.717, 1.165) is 22.3 Å². The Labute approximate surface area is 149 Å². The van der Waals surface area contributed by atoms with Gasteiger partial charge in [-0.05, 0) is 30.3 Å². The fourth-order valence-corrected chi connectivity index (χ4v) is 2.79. The minimum absolute atomic E-state index is 0.301. The van der Waals surface area contributed by atoms with Crippen LogP contribution in [0.1, 0.15) is 10.5 Å². The Balaban J connectivity index is 1.59. The van der Waals surface area contributed by atoms with Crippen molar-refractivity contribution in [3.8, 4) is 17.0 Å². The van der Waals surface area contributed by atoms with Crippen LogP contribution in [-0.4, -0.2) is 32.8 Å². The van der Waals surface area contributed by atoms with E-state index < -0.39 is 0 Å². The number of nitrogens with one attached hydrogen (secondary N) is 2. The third-order valence-corrected chi connectivity index (χ3v) is 4.20. The van der Waals surface area contributed by atoms with E-state index in [0.29, 0.717) is 17.3 Å². The summed E-state index contributed by atoms with van der Waals surface area (Å²) in [5.74, 6) is 0.912. The zero-order valence-electron chi connectivity index (χ0n) is 14.4. The van der Waals surface area contributed by atoms with Gasteiger partial charge in [0, 0.05) is 12.6 Å². The van der Waals surface area contributed by atoms with E-state index >= 15 is 0 Å². The summed E-state index contributed by atoms with van der Waals surface area (Å²) in [5, 5.41) is 9.82. The molecule has 0 spiro atoms. The molecule has 0 aliphatic heterocycles. The number of ether oxygens (including phenoxy) is 1. The van der Waals surface area contributed by atoms with Crippen molar-refractivity contribution in [2.45, 2.75) is 0 Å². The Morgan fingerprint density at radius 2 is 2.00 bits per heavy atom. The van der Waals surface area contributed by atoms with Crippen LogP contribution >= 0.6 is 0 Å². The lowest BCUT2D eigenvalue weighted by Crippen LogP contribution is -2.15. The maximum absolute atomic E-state index is 12.6. The average molecular weight is 347 g/mol. The van der Waals surface area contributed by atoms with Crippen molar-refractivity contribution in [3.63, 3.8) is 0 Å². The van der Waals surface area contributed by atoms with Crippen LogP contribution in [0.25, 0.3) is 22.3 Å². The molecule has 4 aromatic rings. The molecule has 2 N–H and O–H groups in total. The van der Waals surface area contributed by atoms with E-state index in [-0.39, 0.29) is 5.91 Å². The molecule has 130 valence electrons. The molecule has 7 nitrogen and oxygen atoms in total. The largest absolute Gasteiger partial charge is 0.497 e. The van der Waals surface area contributed by atoms with Crippen LogP contribution < -0.4 is 10.1 Å². The first-order chi connectivity index (χ1) is 12.7. The molecule has 2 heterocycles. The van der Waals surface area contributed by atoms with Crippen molar-refractivity contribution in [2.24, 2.45) is 7.05 Å². The predicted octanol–water partition coefficient (Wildman–Crippen LogP) is 3.22. The number of carbonyl (C=O) groups is 1. The van der Waals surface area contributed by atoms with Gasteiger partial charge in [-0.3, -0.25) is 15.2 Å². The third kappa shape index (κ3) is 2.79. The Kier molecular flexibility index (Phi) is 3.89. The number of imidazole rings is 1. The van der Waals surface area contributed by atoms with E-state index in [4.69, 9.17) is 4.74 Å². The van der Waals surface area contributed by atoms with E-state index in [1.807, 2.05) is 60.1 Å². The third-order valence-electron chi connectivity index (χ3n) is 4.20. The first-order valence-corrected chi connectivity index (χ1v) is 8.08. The number of hydrogen-bond donors (Lipinski definition) is 2. The molecule has 26 heavy (non-hydrogen) atoms. The van der Waals surface area contributed by atoms with Crippen molar-refractivity contribution < 1.29 is 9.53 Å². The summed E-state index contributed by atoms with van der Waals surface area (Å²) in [6.45, 7) is 0. The number of nitrogens with zero attached hydrogens (tertiary/aromatic N) is 3. The van der Waals surface area contributed by atoms with Crippen LogP contribution in [0.3, 0.4) is 0 Å². The van der Waals surface area contributed by atoms with Gasteiger partial charge in [-0.25, -0.2) is 4.98 Å². The standard InChI is InChI=1S/C19H17N5O2/c1-24-17-9-4-3-8-14(17)20-19(24)21-18(25)16-11-15(22-23-16)12-6-5-7-13(10-12)26-2/h3-11H,1-2H3,(H,22,23)(H,20,21,25). The van der Waals surface area contributed by atoms with E-state index in [9.17, 15) is 4.79 Å². The molecule has 0 saturated heterocycles. The summed E-state index contributed by atoms with van der Waals surface area (Å²) in [7, 11) is 3.47. The fourth-order valence-electron chi connectivity index (χ4n) is 2.79. The van der Waals surface area contributed by atoms with Gasteiger partial charge in [0.05, 0.1) is 23.8 Å². The zero-order valence-corrected chi connectivity index (χ0v) is 14.4. The van der Waals surface area contributed by atoms with Crippen molar-refractivity contribution in [3.05, 3.63) is 60.3 Å². The first kappa shape index (κ1) is 15.9. The quantitative estimate of drug-likeness (QED) is 0.593. The second-order valence-corrected chi connectivity index (χ2v) is 5.84. The molecule has 0 bridgehead atoms. The van der Waals surface area contributed by atoms with Gasteiger partial charge >= 0.3 is 0 Å². The molecule has 0 aliphatic rings. The minimum atomic E-state index is -0.301. The maximum atomic E-state index is 12.6. The highest BCUT2D eigenvalue weighted by Gasteiger charge is 2.15. The van der Waals surface area contributed by atoms with Gasteiger partial charge in [-0.2, -0.15) is 5.10 Å². The van der Waals surface area contributed by atoms with Gasteiger partial charge in [-0.1, -0.05) is 24.3 Å². The SMILES string of the molecule is COc1cccc(-c2cc(C(=O)Nc3nc4ccccc4n3C)[nH]n2)c1. The average Bonchev–Trinajstić information content (AvgIpc) is 3.28. The lowest BCUT2D eigenvalue weighted by atomic mass is 10.1. The fraction of sp³-hybridized carbons (Fsp3) is 0.105. The van der Waals surface area contributed by atoms with Crippen LogP contribution in [-0.2, 0) is 7.05 Å². The number of H-pyrrole nitrogens is 1. The molecular weight excluding hydrogens is 330 g/mol. The molecule has 0 saturated carbocycles. The monoisotopic (exact) mass is 347 g/mol. The zero-order chi connectivity index (χ0) is 18.1. The van der Waals surface area contributed by atoms with Crippen LogP contribution in [0.5, 0.6) is 5.75 Å². The number of carbonyl (C=O) groups excluding carboxylic acids is 1. The van der Waals surface area contributed by atoms with Gasteiger partial charge in [0.15, 0.2) is 0 Å². The molecule has 1 amide bonds. The number of methoxy groups -OCH3 is 1. The number of aromatic amines is 1. The molecule has 2 aromatic heterocycles. The number of benzene rings is 2. The Bertz CT molecular complexity index is 1100. The summed E-state index contributed by atoms with van der Waals surface area (Å²) in [6.07, 6.45) is 0. The topological polar surface area (TPSA) is 84.8 Å². The lowest BCUT2D eigenvalue weighted by molar-refractivity contribution is 0.102. The van der Waals surface area contributed by atoms with Crippen LogP contribution in [0.4, 0.5) is 5.95 Å². The number of anilines is 1. The molecule has 0 unspecified atom stereocenters. The summed E-state index contributed by atoms with van der Waals surface area (Å²) < 4.78 is 7.06. The highest BCUT2D eigenvalue weighted by atomic mass is 16.5. The molecule has 0 fully saturated rings. The van der Waals surface area contributed by atoms with Crippen LogP contribution in [0.2, 0.25) is 0 Å². The number of fused-ring (bicyclic) bond motifs is 1. The van der Waals surface area contributed by atoms with Crippen LogP contribution in [0.15, 0.2) is 54.6 Å². The summed E-state index contributed by atoms with van der Waals surface area (Å²) in [5.41, 5.74) is 3.66. The number of para-hydroxylation sites is 2. The summed E-state index contributed by atoms with van der Waals surface area (Å²) in [6, 6.07) is 16.9. The second-order valence-electron chi connectivity index (χ2n) is 5.84.